The minimum atomic E-state index is -1.30. The van der Waals surface area contributed by atoms with E-state index in [0.29, 0.717) is 6.54 Å². The Morgan fingerprint density at radius 2 is 2.28 bits per heavy atom. The predicted molar refractivity (Wildman–Crippen MR) is 67.5 cm³/mol. The predicted octanol–water partition coefficient (Wildman–Crippen LogP) is 2.90. The fourth-order valence-corrected chi connectivity index (χ4v) is 2.31. The molecule has 0 aliphatic carbocycles. The molecule has 2 aromatic rings. The quantitative estimate of drug-likeness (QED) is 0.893. The van der Waals surface area contributed by atoms with E-state index in [-0.39, 0.29) is 11.4 Å². The maximum Gasteiger partial charge on any atom is 0.338 e. The van der Waals surface area contributed by atoms with Crippen LogP contribution in [-0.4, -0.2) is 16.1 Å². The zero-order valence-electron chi connectivity index (χ0n) is 9.61. The summed E-state index contributed by atoms with van der Waals surface area (Å²) in [5.74, 6) is -2.18. The van der Waals surface area contributed by atoms with E-state index in [1.807, 2.05) is 19.1 Å². The molecular weight excluding hydrogens is 255 g/mol. The van der Waals surface area contributed by atoms with Gasteiger partial charge in [-0.1, -0.05) is 0 Å². The van der Waals surface area contributed by atoms with Gasteiger partial charge in [0.15, 0.2) is 11.6 Å². The molecule has 0 atom stereocenters. The van der Waals surface area contributed by atoms with E-state index in [1.165, 1.54) is 11.1 Å². The molecule has 2 aromatic heterocycles. The van der Waals surface area contributed by atoms with Crippen LogP contribution in [0.25, 0.3) is 0 Å². The maximum atomic E-state index is 13.7. The van der Waals surface area contributed by atoms with Crippen molar-refractivity contribution in [2.75, 3.05) is 5.32 Å². The van der Waals surface area contributed by atoms with Gasteiger partial charge in [-0.05, 0) is 25.1 Å². The number of pyridine rings is 1. The Morgan fingerprint density at radius 3 is 2.89 bits per heavy atom. The van der Waals surface area contributed by atoms with Crippen molar-refractivity contribution in [2.24, 2.45) is 0 Å². The molecule has 0 saturated heterocycles. The molecule has 6 heteroatoms. The molecule has 2 rings (SSSR count). The van der Waals surface area contributed by atoms with Gasteiger partial charge >= 0.3 is 5.97 Å². The number of halogens is 1. The van der Waals surface area contributed by atoms with E-state index in [1.54, 1.807) is 11.3 Å². The van der Waals surface area contributed by atoms with E-state index in [4.69, 9.17) is 5.11 Å². The molecule has 0 aromatic carbocycles. The van der Waals surface area contributed by atoms with Crippen molar-refractivity contribution in [2.45, 2.75) is 13.5 Å². The van der Waals surface area contributed by atoms with Crippen LogP contribution < -0.4 is 5.32 Å². The van der Waals surface area contributed by atoms with Crippen LogP contribution in [0.4, 0.5) is 10.2 Å². The second-order valence-electron chi connectivity index (χ2n) is 3.69. The van der Waals surface area contributed by atoms with Gasteiger partial charge in [0.2, 0.25) is 0 Å². The van der Waals surface area contributed by atoms with Crippen molar-refractivity contribution in [3.8, 4) is 0 Å². The first kappa shape index (κ1) is 12.5. The number of carbonyl (C=O) groups is 1. The van der Waals surface area contributed by atoms with E-state index in [9.17, 15) is 9.18 Å². The number of nitrogens with zero attached hydrogens (tertiary/aromatic N) is 1. The Hall–Kier alpha value is -1.95. The number of carboxylic acid groups (broad SMARTS) is 1. The monoisotopic (exact) mass is 266 g/mol. The van der Waals surface area contributed by atoms with Crippen LogP contribution >= 0.6 is 11.3 Å². The SMILES string of the molecule is Cc1ccc(CNc2nccc(C(=O)O)c2F)s1. The second kappa shape index (κ2) is 5.14. The number of aromatic carboxylic acids is 1. The van der Waals surface area contributed by atoms with E-state index < -0.39 is 11.8 Å². The maximum absolute atomic E-state index is 13.7. The smallest absolute Gasteiger partial charge is 0.338 e. The van der Waals surface area contributed by atoms with Crippen LogP contribution in [0.5, 0.6) is 0 Å². The summed E-state index contributed by atoms with van der Waals surface area (Å²) >= 11 is 1.59. The topological polar surface area (TPSA) is 62.2 Å². The third kappa shape index (κ3) is 2.65. The van der Waals surface area contributed by atoms with Gasteiger partial charge in [0.25, 0.3) is 0 Å². The van der Waals surface area contributed by atoms with Gasteiger partial charge in [-0.15, -0.1) is 11.3 Å². The highest BCUT2D eigenvalue weighted by atomic mass is 32.1. The molecule has 0 spiro atoms. The van der Waals surface area contributed by atoms with Crippen LogP contribution in [0.2, 0.25) is 0 Å². The molecular formula is C12H11FN2O2S. The minimum Gasteiger partial charge on any atom is -0.478 e. The average Bonchev–Trinajstić information content (AvgIpc) is 2.73. The number of carboxylic acids is 1. The number of hydrogen-bond acceptors (Lipinski definition) is 4. The van der Waals surface area contributed by atoms with Crippen molar-refractivity contribution in [1.29, 1.82) is 0 Å². The molecule has 0 saturated carbocycles. The Bertz CT molecular complexity index is 583. The third-order valence-corrected chi connectivity index (χ3v) is 3.35. The van der Waals surface area contributed by atoms with Gasteiger partial charge in [-0.3, -0.25) is 0 Å². The lowest BCUT2D eigenvalue weighted by molar-refractivity contribution is 0.0692. The third-order valence-electron chi connectivity index (χ3n) is 2.35. The summed E-state index contributed by atoms with van der Waals surface area (Å²) in [6, 6.07) is 5.04. The lowest BCUT2D eigenvalue weighted by Gasteiger charge is -2.06. The first-order valence-corrected chi connectivity index (χ1v) is 6.06. The number of aryl methyl sites for hydroxylation is 1. The van der Waals surface area contributed by atoms with Gasteiger partial charge in [0, 0.05) is 16.0 Å². The summed E-state index contributed by atoms with van der Waals surface area (Å²) in [6.45, 7) is 2.41. The zero-order valence-corrected chi connectivity index (χ0v) is 10.4. The van der Waals surface area contributed by atoms with Crippen LogP contribution in [0.3, 0.4) is 0 Å². The Morgan fingerprint density at radius 1 is 1.50 bits per heavy atom. The van der Waals surface area contributed by atoms with Crippen molar-refractivity contribution in [3.63, 3.8) is 0 Å². The molecule has 0 fully saturated rings. The fourth-order valence-electron chi connectivity index (χ4n) is 1.48. The number of anilines is 1. The number of thiophene rings is 1. The average molecular weight is 266 g/mol. The molecule has 0 amide bonds. The molecule has 0 aliphatic heterocycles. The number of aromatic nitrogens is 1. The Balaban J connectivity index is 2.14. The second-order valence-corrected chi connectivity index (χ2v) is 5.06. The molecule has 2 N–H and O–H groups in total. The highest BCUT2D eigenvalue weighted by Gasteiger charge is 2.14. The summed E-state index contributed by atoms with van der Waals surface area (Å²) in [5.41, 5.74) is -0.380. The highest BCUT2D eigenvalue weighted by molar-refractivity contribution is 7.11. The lowest BCUT2D eigenvalue weighted by atomic mass is 10.2. The molecule has 18 heavy (non-hydrogen) atoms. The molecule has 0 bridgehead atoms. The standard InChI is InChI=1S/C12H11FN2O2S/c1-7-2-3-8(18-7)6-15-11-10(13)9(12(16)17)4-5-14-11/h2-5H,6H2,1H3,(H,14,15)(H,16,17). The molecule has 0 unspecified atom stereocenters. The van der Waals surface area contributed by atoms with E-state index in [2.05, 4.69) is 10.3 Å². The molecule has 2 heterocycles. The van der Waals surface area contributed by atoms with Gasteiger partial charge in [-0.2, -0.15) is 0 Å². The lowest BCUT2D eigenvalue weighted by Crippen LogP contribution is -2.07. The summed E-state index contributed by atoms with van der Waals surface area (Å²) in [6.07, 6.45) is 1.27. The van der Waals surface area contributed by atoms with Crippen molar-refractivity contribution < 1.29 is 14.3 Å². The van der Waals surface area contributed by atoms with Crippen LogP contribution in [0, 0.1) is 12.7 Å². The first-order valence-electron chi connectivity index (χ1n) is 5.25. The molecule has 0 aliphatic rings. The van der Waals surface area contributed by atoms with Gasteiger partial charge in [0.1, 0.15) is 5.56 Å². The summed E-state index contributed by atoms with van der Waals surface area (Å²) < 4.78 is 13.7. The highest BCUT2D eigenvalue weighted by Crippen LogP contribution is 2.19. The summed E-state index contributed by atoms with van der Waals surface area (Å²) in [7, 11) is 0. The number of hydrogen-bond donors (Lipinski definition) is 2. The summed E-state index contributed by atoms with van der Waals surface area (Å²) in [5, 5.41) is 11.6. The van der Waals surface area contributed by atoms with Gasteiger partial charge in [-0.25, -0.2) is 14.2 Å². The largest absolute Gasteiger partial charge is 0.478 e. The molecule has 94 valence electrons. The number of rotatable bonds is 4. The van der Waals surface area contributed by atoms with Gasteiger partial charge in [0.05, 0.1) is 6.54 Å². The van der Waals surface area contributed by atoms with Crippen LogP contribution in [0.15, 0.2) is 24.4 Å². The molecule has 0 radical (unpaired) electrons. The van der Waals surface area contributed by atoms with Crippen molar-refractivity contribution in [1.82, 2.24) is 4.98 Å². The van der Waals surface area contributed by atoms with E-state index >= 15 is 0 Å². The van der Waals surface area contributed by atoms with E-state index in [0.717, 1.165) is 10.9 Å². The first-order chi connectivity index (χ1) is 8.58. The van der Waals surface area contributed by atoms with Crippen LogP contribution in [-0.2, 0) is 6.54 Å². The molecule has 4 nitrogen and oxygen atoms in total. The Kier molecular flexibility index (Phi) is 3.57. The van der Waals surface area contributed by atoms with Crippen molar-refractivity contribution >= 4 is 23.1 Å². The van der Waals surface area contributed by atoms with Gasteiger partial charge < -0.3 is 10.4 Å². The minimum absolute atomic E-state index is 0.0408. The Labute approximate surface area is 107 Å². The summed E-state index contributed by atoms with van der Waals surface area (Å²) in [4.78, 5) is 16.8. The number of nitrogens with one attached hydrogen (secondary N) is 1. The zero-order chi connectivity index (χ0) is 13.1. The van der Waals surface area contributed by atoms with Crippen LogP contribution in [0.1, 0.15) is 20.1 Å². The fraction of sp³-hybridized carbons (Fsp3) is 0.167. The van der Waals surface area contributed by atoms with Crippen molar-refractivity contribution in [3.05, 3.63) is 45.5 Å². The normalized spacial score (nSPS) is 10.3.